The summed E-state index contributed by atoms with van der Waals surface area (Å²) in [4.78, 5) is 14.2. The SMILES string of the molecule is CCC(c1ccc2c(CF)c(O[C@H]3CC[C@@H](C(C)(F)F)CC3)ccc2c1)N1C2CCC1CC(C(=O)O)C2. The minimum Gasteiger partial charge on any atom is -0.490 e. The van der Waals surface area contributed by atoms with Crippen LogP contribution in [0.4, 0.5) is 13.2 Å². The van der Waals surface area contributed by atoms with E-state index in [1.54, 1.807) is 0 Å². The van der Waals surface area contributed by atoms with E-state index in [0.29, 0.717) is 61.9 Å². The summed E-state index contributed by atoms with van der Waals surface area (Å²) in [6.07, 6.45) is 6.20. The number of fused-ring (bicyclic) bond motifs is 3. The van der Waals surface area contributed by atoms with Crippen LogP contribution in [0.3, 0.4) is 0 Å². The highest BCUT2D eigenvalue weighted by molar-refractivity contribution is 5.88. The van der Waals surface area contributed by atoms with E-state index in [1.165, 1.54) is 5.56 Å². The number of nitrogens with zero attached hydrogens (tertiary/aromatic N) is 1. The third-order valence-electron chi connectivity index (χ3n) is 9.20. The van der Waals surface area contributed by atoms with E-state index in [-0.39, 0.29) is 18.1 Å². The molecule has 7 heteroatoms. The molecule has 3 fully saturated rings. The van der Waals surface area contributed by atoms with Crippen molar-refractivity contribution in [2.45, 2.75) is 108 Å². The van der Waals surface area contributed by atoms with Crippen LogP contribution in [0.25, 0.3) is 10.8 Å². The lowest BCUT2D eigenvalue weighted by Gasteiger charge is -2.42. The number of hydrogen-bond donors (Lipinski definition) is 1. The monoisotopic (exact) mass is 517 g/mol. The molecular formula is C30H38F3NO3. The maximum atomic E-state index is 14.3. The van der Waals surface area contributed by atoms with Gasteiger partial charge in [0.25, 0.3) is 0 Å². The van der Waals surface area contributed by atoms with Crippen molar-refractivity contribution < 1.29 is 27.8 Å². The summed E-state index contributed by atoms with van der Waals surface area (Å²) in [5.41, 5.74) is 1.69. The largest absolute Gasteiger partial charge is 0.490 e. The number of carbonyl (C=O) groups is 1. The minimum atomic E-state index is -2.67. The summed E-state index contributed by atoms with van der Waals surface area (Å²) >= 11 is 0. The van der Waals surface area contributed by atoms with Crippen molar-refractivity contribution in [3.05, 3.63) is 41.5 Å². The molecule has 2 aliphatic heterocycles. The smallest absolute Gasteiger partial charge is 0.306 e. The van der Waals surface area contributed by atoms with Crippen LogP contribution < -0.4 is 4.74 Å². The molecule has 3 aliphatic rings. The fourth-order valence-electron chi connectivity index (χ4n) is 7.26. The van der Waals surface area contributed by atoms with Crippen molar-refractivity contribution in [2.75, 3.05) is 0 Å². The van der Waals surface area contributed by atoms with E-state index >= 15 is 0 Å². The lowest BCUT2D eigenvalue weighted by atomic mass is 9.83. The molecule has 2 bridgehead atoms. The van der Waals surface area contributed by atoms with Crippen LogP contribution in [0.1, 0.15) is 88.8 Å². The number of ether oxygens (including phenoxy) is 1. The van der Waals surface area contributed by atoms with Crippen molar-refractivity contribution in [3.63, 3.8) is 0 Å². The predicted molar refractivity (Wildman–Crippen MR) is 138 cm³/mol. The Balaban J connectivity index is 1.35. The zero-order chi connectivity index (χ0) is 26.3. The molecule has 0 amide bonds. The Morgan fingerprint density at radius 2 is 1.76 bits per heavy atom. The van der Waals surface area contributed by atoms with E-state index in [4.69, 9.17) is 4.74 Å². The van der Waals surface area contributed by atoms with E-state index in [0.717, 1.165) is 37.0 Å². The second-order valence-corrected chi connectivity index (χ2v) is 11.5. The second kappa shape index (κ2) is 10.5. The number of piperidine rings is 1. The third-order valence-corrected chi connectivity index (χ3v) is 9.20. The maximum Gasteiger partial charge on any atom is 0.306 e. The maximum absolute atomic E-state index is 14.3. The van der Waals surface area contributed by atoms with Gasteiger partial charge in [-0.15, -0.1) is 0 Å². The summed E-state index contributed by atoms with van der Waals surface area (Å²) in [6.45, 7) is 2.51. The molecular weight excluding hydrogens is 479 g/mol. The fourth-order valence-corrected chi connectivity index (χ4v) is 7.26. The molecule has 202 valence electrons. The van der Waals surface area contributed by atoms with Gasteiger partial charge in [-0.3, -0.25) is 9.69 Å². The van der Waals surface area contributed by atoms with Crippen LogP contribution in [0.5, 0.6) is 5.75 Å². The topological polar surface area (TPSA) is 49.8 Å². The van der Waals surface area contributed by atoms with Crippen molar-refractivity contribution in [3.8, 4) is 5.75 Å². The first-order chi connectivity index (χ1) is 17.7. The van der Waals surface area contributed by atoms with E-state index in [1.807, 2.05) is 18.2 Å². The molecule has 1 N–H and O–H groups in total. The molecule has 1 saturated carbocycles. The normalized spacial score (nSPS) is 29.4. The summed E-state index contributed by atoms with van der Waals surface area (Å²) in [5.74, 6) is -3.70. The molecule has 2 aromatic carbocycles. The highest BCUT2D eigenvalue weighted by atomic mass is 19.3. The first-order valence-corrected chi connectivity index (χ1v) is 13.9. The number of alkyl halides is 3. The molecule has 5 rings (SSSR count). The summed E-state index contributed by atoms with van der Waals surface area (Å²) in [5, 5.41) is 11.3. The van der Waals surface area contributed by atoms with Crippen molar-refractivity contribution in [1.82, 2.24) is 4.90 Å². The molecule has 2 heterocycles. The molecule has 0 radical (unpaired) electrons. The Morgan fingerprint density at radius 1 is 1.08 bits per heavy atom. The fraction of sp³-hybridized carbons (Fsp3) is 0.633. The van der Waals surface area contributed by atoms with E-state index in [2.05, 4.69) is 24.0 Å². The summed E-state index contributed by atoms with van der Waals surface area (Å²) < 4.78 is 47.8. The predicted octanol–water partition coefficient (Wildman–Crippen LogP) is 7.68. The van der Waals surface area contributed by atoms with Crippen molar-refractivity contribution in [1.29, 1.82) is 0 Å². The van der Waals surface area contributed by atoms with Gasteiger partial charge >= 0.3 is 5.97 Å². The van der Waals surface area contributed by atoms with Gasteiger partial charge in [-0.1, -0.05) is 25.1 Å². The first-order valence-electron chi connectivity index (χ1n) is 13.9. The van der Waals surface area contributed by atoms with Gasteiger partial charge < -0.3 is 9.84 Å². The standard InChI is InChI=1S/C30H38F3NO3/c1-3-27(34-22-8-9-23(34)16-20(15-22)29(35)36)19-4-12-25-18(14-19)5-13-28(26(25)17-31)37-24-10-6-21(7-11-24)30(2,32)33/h4-5,12-14,20-24,27H,3,6-11,15-17H2,1-2H3,(H,35,36)/t20?,21-,22?,23?,24+,27?. The van der Waals surface area contributed by atoms with Crippen LogP contribution in [-0.2, 0) is 11.5 Å². The summed E-state index contributed by atoms with van der Waals surface area (Å²) in [7, 11) is 0. The van der Waals surface area contributed by atoms with Crippen molar-refractivity contribution in [2.24, 2.45) is 11.8 Å². The Kier molecular flexibility index (Phi) is 7.45. The van der Waals surface area contributed by atoms with Gasteiger partial charge in [-0.25, -0.2) is 13.2 Å². The molecule has 2 saturated heterocycles. The molecule has 3 unspecified atom stereocenters. The molecule has 0 aromatic heterocycles. The highest BCUT2D eigenvalue weighted by Gasteiger charge is 2.45. The van der Waals surface area contributed by atoms with Gasteiger partial charge in [0.2, 0.25) is 5.92 Å². The number of aliphatic carboxylic acids is 1. The zero-order valence-electron chi connectivity index (χ0n) is 21.8. The van der Waals surface area contributed by atoms with Crippen LogP contribution in [-0.4, -0.2) is 40.1 Å². The van der Waals surface area contributed by atoms with Crippen LogP contribution >= 0.6 is 0 Å². The van der Waals surface area contributed by atoms with Crippen LogP contribution in [0.15, 0.2) is 30.3 Å². The van der Waals surface area contributed by atoms with Crippen molar-refractivity contribution >= 4 is 16.7 Å². The second-order valence-electron chi connectivity index (χ2n) is 11.5. The number of carboxylic acids is 1. The minimum absolute atomic E-state index is 0.172. The van der Waals surface area contributed by atoms with E-state index in [9.17, 15) is 23.1 Å². The first kappa shape index (κ1) is 26.3. The van der Waals surface area contributed by atoms with E-state index < -0.39 is 24.5 Å². The lowest BCUT2D eigenvalue weighted by Crippen LogP contribution is -2.46. The van der Waals surface area contributed by atoms with Crippen LogP contribution in [0.2, 0.25) is 0 Å². The summed E-state index contributed by atoms with van der Waals surface area (Å²) in [6, 6.07) is 10.8. The number of hydrogen-bond acceptors (Lipinski definition) is 3. The number of rotatable bonds is 8. The average Bonchev–Trinajstić information content (AvgIpc) is 3.11. The van der Waals surface area contributed by atoms with Gasteiger partial charge in [-0.05, 0) is 93.2 Å². The van der Waals surface area contributed by atoms with Gasteiger partial charge in [0.15, 0.2) is 0 Å². The van der Waals surface area contributed by atoms with Crippen LogP contribution in [0, 0.1) is 11.8 Å². The lowest BCUT2D eigenvalue weighted by molar-refractivity contribution is -0.144. The third kappa shape index (κ3) is 5.21. The Morgan fingerprint density at radius 3 is 2.32 bits per heavy atom. The zero-order valence-corrected chi connectivity index (χ0v) is 21.8. The average molecular weight is 518 g/mol. The Hall–Kier alpha value is -2.28. The quantitative estimate of drug-likeness (QED) is 0.390. The molecule has 4 nitrogen and oxygen atoms in total. The molecule has 1 aliphatic carbocycles. The Labute approximate surface area is 217 Å². The highest BCUT2D eigenvalue weighted by Crippen LogP contribution is 2.45. The molecule has 3 atom stereocenters. The van der Waals surface area contributed by atoms with Gasteiger partial charge in [0.1, 0.15) is 12.4 Å². The number of carboxylic acid groups (broad SMARTS) is 1. The van der Waals surface area contributed by atoms with Gasteiger partial charge in [-0.2, -0.15) is 0 Å². The molecule has 0 spiro atoms. The molecule has 2 aromatic rings. The number of benzene rings is 2. The van der Waals surface area contributed by atoms with Gasteiger partial charge in [0.05, 0.1) is 12.0 Å². The van der Waals surface area contributed by atoms with Gasteiger partial charge in [0, 0.05) is 29.6 Å². The molecule has 37 heavy (non-hydrogen) atoms. The number of halogens is 3. The Bertz CT molecular complexity index is 1110.